The Morgan fingerprint density at radius 1 is 0.941 bits per heavy atom. The number of rotatable bonds is 2. The molecule has 0 fully saturated rings. The summed E-state index contributed by atoms with van der Waals surface area (Å²) in [6.07, 6.45) is 0. The Labute approximate surface area is 98.4 Å². The molecule has 1 unspecified atom stereocenters. The van der Waals surface area contributed by atoms with Crippen molar-refractivity contribution < 1.29 is 10.4 Å². The molecule has 2 aromatic carbocycles. The maximum absolute atomic E-state index is 11.1. The van der Waals surface area contributed by atoms with Gasteiger partial charge in [-0.15, -0.1) is 0 Å². The highest BCUT2D eigenvalue weighted by atomic mass is 16.8. The lowest BCUT2D eigenvalue weighted by Crippen LogP contribution is -2.99. The third-order valence-corrected chi connectivity index (χ3v) is 2.50. The van der Waals surface area contributed by atoms with Crippen molar-refractivity contribution in [3.63, 3.8) is 0 Å². The third kappa shape index (κ3) is 2.36. The summed E-state index contributed by atoms with van der Waals surface area (Å²) >= 11 is 0. The first-order chi connectivity index (χ1) is 8.08. The van der Waals surface area contributed by atoms with Gasteiger partial charge in [0, 0.05) is 23.0 Å². The third-order valence-electron chi connectivity index (χ3n) is 2.50. The van der Waals surface area contributed by atoms with Crippen LogP contribution in [0.4, 0.5) is 17.1 Å². The molecule has 0 aromatic heterocycles. The fourth-order valence-corrected chi connectivity index (χ4v) is 1.65. The molecule has 0 aliphatic heterocycles. The quantitative estimate of drug-likeness (QED) is 0.456. The molecule has 0 saturated carbocycles. The molecule has 5 nitrogen and oxygen atoms in total. The summed E-state index contributed by atoms with van der Waals surface area (Å²) in [6, 6.07) is 11.9. The Hall–Kier alpha value is -2.08. The van der Waals surface area contributed by atoms with E-state index in [1.54, 1.807) is 36.4 Å². The van der Waals surface area contributed by atoms with E-state index in [1.165, 1.54) is 6.07 Å². The van der Waals surface area contributed by atoms with E-state index in [1.807, 2.05) is 0 Å². The van der Waals surface area contributed by atoms with Gasteiger partial charge in [0.25, 0.3) is 0 Å². The van der Waals surface area contributed by atoms with Crippen molar-refractivity contribution >= 4 is 17.1 Å². The largest absolute Gasteiger partial charge is 0.595 e. The average molecular weight is 231 g/mol. The van der Waals surface area contributed by atoms with Crippen LogP contribution >= 0.6 is 0 Å². The standard InChI is InChI=1S/C12H13N3O2/c13-9-3-1-8(2-4-9)11-6-5-10(14)7-12(11)15(16)17/h1-7,15-16H,13-14H2. The van der Waals surface area contributed by atoms with Crippen molar-refractivity contribution in [1.82, 2.24) is 0 Å². The van der Waals surface area contributed by atoms with Crippen molar-refractivity contribution in [2.75, 3.05) is 11.5 Å². The van der Waals surface area contributed by atoms with Crippen LogP contribution in [0.2, 0.25) is 0 Å². The predicted molar refractivity (Wildman–Crippen MR) is 66.5 cm³/mol. The molecule has 17 heavy (non-hydrogen) atoms. The van der Waals surface area contributed by atoms with Gasteiger partial charge in [0.1, 0.15) is 0 Å². The Kier molecular flexibility index (Phi) is 2.97. The maximum atomic E-state index is 11.1. The van der Waals surface area contributed by atoms with Crippen LogP contribution in [0.3, 0.4) is 0 Å². The number of hydrogen-bond donors (Lipinski definition) is 4. The summed E-state index contributed by atoms with van der Waals surface area (Å²) in [7, 11) is 0. The smallest absolute Gasteiger partial charge is 0.173 e. The molecule has 88 valence electrons. The lowest BCUT2D eigenvalue weighted by Gasteiger charge is -2.16. The van der Waals surface area contributed by atoms with Gasteiger partial charge in [-0.05, 0) is 29.8 Å². The van der Waals surface area contributed by atoms with Crippen molar-refractivity contribution in [2.45, 2.75) is 0 Å². The Morgan fingerprint density at radius 3 is 2.12 bits per heavy atom. The summed E-state index contributed by atoms with van der Waals surface area (Å²) in [5.74, 6) is 0. The molecule has 0 heterocycles. The lowest BCUT2D eigenvalue weighted by atomic mass is 10.0. The van der Waals surface area contributed by atoms with Crippen LogP contribution in [-0.4, -0.2) is 5.21 Å². The number of nitrogens with two attached hydrogens (primary N) is 2. The fourth-order valence-electron chi connectivity index (χ4n) is 1.65. The first-order valence-corrected chi connectivity index (χ1v) is 5.06. The first kappa shape index (κ1) is 11.4. The van der Waals surface area contributed by atoms with E-state index in [0.29, 0.717) is 16.9 Å². The zero-order chi connectivity index (χ0) is 12.4. The van der Waals surface area contributed by atoms with E-state index in [-0.39, 0.29) is 5.69 Å². The number of quaternary nitrogens is 1. The molecule has 5 heteroatoms. The van der Waals surface area contributed by atoms with Gasteiger partial charge in [-0.2, -0.15) is 5.23 Å². The second-order valence-electron chi connectivity index (χ2n) is 3.73. The van der Waals surface area contributed by atoms with Crippen LogP contribution in [0.25, 0.3) is 11.1 Å². The highest BCUT2D eigenvalue weighted by molar-refractivity contribution is 5.76. The molecule has 0 aliphatic carbocycles. The molecule has 0 aliphatic rings. The molecule has 2 rings (SSSR count). The number of nitrogens with one attached hydrogen (secondary N) is 1. The van der Waals surface area contributed by atoms with Gasteiger partial charge in [-0.25, -0.2) is 5.21 Å². The molecule has 2 aromatic rings. The number of anilines is 2. The molecule has 0 radical (unpaired) electrons. The zero-order valence-electron chi connectivity index (χ0n) is 9.05. The Balaban J connectivity index is 2.54. The van der Waals surface area contributed by atoms with Gasteiger partial charge in [0.05, 0.1) is 0 Å². The van der Waals surface area contributed by atoms with E-state index in [9.17, 15) is 5.21 Å². The van der Waals surface area contributed by atoms with Crippen molar-refractivity contribution in [3.05, 3.63) is 47.7 Å². The minimum Gasteiger partial charge on any atom is -0.595 e. The molecular formula is C12H13N3O2. The van der Waals surface area contributed by atoms with Gasteiger partial charge in [-0.1, -0.05) is 12.1 Å². The summed E-state index contributed by atoms with van der Waals surface area (Å²) in [4.78, 5) is 0. The second kappa shape index (κ2) is 4.42. The maximum Gasteiger partial charge on any atom is 0.173 e. The SMILES string of the molecule is Nc1ccc(-c2ccc(N)cc2[NH+]([O-])O)cc1. The van der Waals surface area contributed by atoms with Crippen molar-refractivity contribution in [1.29, 1.82) is 0 Å². The summed E-state index contributed by atoms with van der Waals surface area (Å²) in [6.45, 7) is 0. The second-order valence-corrected chi connectivity index (χ2v) is 3.73. The molecule has 0 bridgehead atoms. The van der Waals surface area contributed by atoms with Gasteiger partial charge in [0.2, 0.25) is 0 Å². The van der Waals surface area contributed by atoms with Gasteiger partial charge in [-0.3, -0.25) is 0 Å². The van der Waals surface area contributed by atoms with Crippen LogP contribution in [0.15, 0.2) is 42.5 Å². The van der Waals surface area contributed by atoms with E-state index in [4.69, 9.17) is 16.7 Å². The highest BCUT2D eigenvalue weighted by Crippen LogP contribution is 2.27. The Morgan fingerprint density at radius 2 is 1.53 bits per heavy atom. The highest BCUT2D eigenvalue weighted by Gasteiger charge is 2.11. The zero-order valence-corrected chi connectivity index (χ0v) is 9.05. The molecule has 0 spiro atoms. The van der Waals surface area contributed by atoms with Crippen LogP contribution in [0.5, 0.6) is 0 Å². The molecule has 0 amide bonds. The van der Waals surface area contributed by atoms with Crippen molar-refractivity contribution in [3.8, 4) is 11.1 Å². The van der Waals surface area contributed by atoms with Crippen LogP contribution in [0.1, 0.15) is 0 Å². The summed E-state index contributed by atoms with van der Waals surface area (Å²) in [5, 5.41) is 19.3. The summed E-state index contributed by atoms with van der Waals surface area (Å²) in [5.41, 5.74) is 13.9. The normalized spacial score (nSPS) is 12.4. The summed E-state index contributed by atoms with van der Waals surface area (Å²) < 4.78 is 0. The van der Waals surface area contributed by atoms with Crippen molar-refractivity contribution in [2.24, 2.45) is 0 Å². The Bertz CT molecular complexity index is 524. The van der Waals surface area contributed by atoms with E-state index < -0.39 is 5.23 Å². The number of benzene rings is 2. The fraction of sp³-hybridized carbons (Fsp3) is 0. The average Bonchev–Trinajstić information content (AvgIpc) is 2.30. The molecular weight excluding hydrogens is 218 g/mol. The van der Waals surface area contributed by atoms with Crippen LogP contribution < -0.4 is 16.7 Å². The molecule has 6 N–H and O–H groups in total. The van der Waals surface area contributed by atoms with E-state index >= 15 is 0 Å². The molecule has 1 atom stereocenters. The first-order valence-electron chi connectivity index (χ1n) is 5.06. The van der Waals surface area contributed by atoms with Gasteiger partial charge < -0.3 is 16.7 Å². The predicted octanol–water partition coefficient (Wildman–Crippen LogP) is 0.921. The van der Waals surface area contributed by atoms with E-state index in [0.717, 1.165) is 5.56 Å². The monoisotopic (exact) mass is 231 g/mol. The van der Waals surface area contributed by atoms with Gasteiger partial charge in [0.15, 0.2) is 5.69 Å². The number of hydrogen-bond acceptors (Lipinski definition) is 4. The van der Waals surface area contributed by atoms with Crippen LogP contribution in [-0.2, 0) is 0 Å². The minimum atomic E-state index is -0.996. The number of nitrogen functional groups attached to an aromatic ring is 2. The molecule has 0 saturated heterocycles. The topological polar surface area (TPSA) is 99.8 Å². The van der Waals surface area contributed by atoms with E-state index in [2.05, 4.69) is 0 Å². The van der Waals surface area contributed by atoms with Crippen LogP contribution in [0, 0.1) is 5.21 Å². The lowest BCUT2D eigenvalue weighted by molar-refractivity contribution is -0.991. The van der Waals surface area contributed by atoms with Gasteiger partial charge >= 0.3 is 0 Å². The minimum absolute atomic E-state index is 0.190.